The molecular formula is C18H25NO7. The largest absolute Gasteiger partial charge is 0.497 e. The molecule has 0 fully saturated rings. The summed E-state index contributed by atoms with van der Waals surface area (Å²) >= 11 is 0. The first kappa shape index (κ1) is 21.3. The van der Waals surface area contributed by atoms with E-state index >= 15 is 0 Å². The summed E-state index contributed by atoms with van der Waals surface area (Å²) in [6.45, 7) is 5.07. The zero-order chi connectivity index (χ0) is 19.7. The summed E-state index contributed by atoms with van der Waals surface area (Å²) in [5.41, 5.74) is 0.0329. The predicted molar refractivity (Wildman–Crippen MR) is 92.8 cm³/mol. The summed E-state index contributed by atoms with van der Waals surface area (Å²) in [6, 6.07) is 5.77. The molecule has 0 unspecified atom stereocenters. The number of rotatable bonds is 8. The van der Waals surface area contributed by atoms with E-state index in [0.29, 0.717) is 5.75 Å². The molecule has 0 aliphatic rings. The van der Waals surface area contributed by atoms with Crippen molar-refractivity contribution < 1.29 is 33.7 Å². The van der Waals surface area contributed by atoms with Gasteiger partial charge in [0.25, 0.3) is 0 Å². The Morgan fingerprint density at radius 1 is 1.15 bits per heavy atom. The van der Waals surface area contributed by atoms with E-state index in [1.54, 1.807) is 52.1 Å². The summed E-state index contributed by atoms with van der Waals surface area (Å²) in [7, 11) is 1.55. The number of carbonyl (C=O) groups is 3. The van der Waals surface area contributed by atoms with Gasteiger partial charge in [0.2, 0.25) is 0 Å². The molecule has 8 nitrogen and oxygen atoms in total. The van der Waals surface area contributed by atoms with E-state index in [1.807, 2.05) is 0 Å². The molecule has 1 aromatic carbocycles. The number of nitrogens with one attached hydrogen (secondary N) is 1. The molecule has 0 aromatic heterocycles. The SMILES string of the molecule is COc1ccc(COC(=O)CC[C@H](NC(=O)OC(C)(C)C)C(=O)O)cc1. The van der Waals surface area contributed by atoms with E-state index in [4.69, 9.17) is 19.3 Å². The van der Waals surface area contributed by atoms with Gasteiger partial charge < -0.3 is 24.6 Å². The normalized spacial score (nSPS) is 12.0. The molecule has 1 atom stereocenters. The van der Waals surface area contributed by atoms with E-state index in [9.17, 15) is 14.4 Å². The minimum Gasteiger partial charge on any atom is -0.497 e. The van der Waals surface area contributed by atoms with Crippen LogP contribution in [-0.2, 0) is 25.7 Å². The zero-order valence-corrected chi connectivity index (χ0v) is 15.4. The van der Waals surface area contributed by atoms with Crippen molar-refractivity contribution in [3.05, 3.63) is 29.8 Å². The molecule has 0 bridgehead atoms. The number of amides is 1. The minimum atomic E-state index is -1.25. The molecular weight excluding hydrogens is 342 g/mol. The molecule has 2 N–H and O–H groups in total. The molecule has 0 aliphatic heterocycles. The molecule has 0 saturated heterocycles. The van der Waals surface area contributed by atoms with Gasteiger partial charge in [-0.15, -0.1) is 0 Å². The monoisotopic (exact) mass is 367 g/mol. The van der Waals surface area contributed by atoms with Crippen LogP contribution in [0.15, 0.2) is 24.3 Å². The van der Waals surface area contributed by atoms with E-state index < -0.39 is 29.7 Å². The fourth-order valence-electron chi connectivity index (χ4n) is 1.93. The minimum absolute atomic E-state index is 0.0695. The Labute approximate surface area is 152 Å². The quantitative estimate of drug-likeness (QED) is 0.679. The molecule has 0 spiro atoms. The number of hydrogen-bond donors (Lipinski definition) is 2. The number of esters is 1. The lowest BCUT2D eigenvalue weighted by atomic mass is 10.1. The van der Waals surface area contributed by atoms with Crippen LogP contribution in [0.5, 0.6) is 5.75 Å². The summed E-state index contributed by atoms with van der Waals surface area (Å²) in [5.74, 6) is -1.12. The van der Waals surface area contributed by atoms with Gasteiger partial charge in [0.15, 0.2) is 0 Å². The number of alkyl carbamates (subject to hydrolysis) is 1. The van der Waals surface area contributed by atoms with Gasteiger partial charge in [0.05, 0.1) is 7.11 Å². The number of aliphatic carboxylic acids is 1. The smallest absolute Gasteiger partial charge is 0.408 e. The van der Waals surface area contributed by atoms with Crippen molar-refractivity contribution in [2.24, 2.45) is 0 Å². The van der Waals surface area contributed by atoms with Crippen LogP contribution in [0, 0.1) is 0 Å². The third-order valence-electron chi connectivity index (χ3n) is 3.19. The highest BCUT2D eigenvalue weighted by atomic mass is 16.6. The summed E-state index contributed by atoms with van der Waals surface area (Å²) < 4.78 is 15.1. The standard InChI is InChI=1S/C18H25NO7/c1-18(2,3)26-17(23)19-14(16(21)22)9-10-15(20)25-11-12-5-7-13(24-4)8-6-12/h5-8,14H,9-11H2,1-4H3,(H,19,23)(H,21,22)/t14-/m0/s1. The van der Waals surface area contributed by atoms with Gasteiger partial charge in [-0.3, -0.25) is 4.79 Å². The Kier molecular flexibility index (Phi) is 7.89. The Hall–Kier alpha value is -2.77. The highest BCUT2D eigenvalue weighted by molar-refractivity contribution is 5.80. The second kappa shape index (κ2) is 9.65. The second-order valence-electron chi connectivity index (χ2n) is 6.58. The first-order valence-electron chi connectivity index (χ1n) is 8.11. The third-order valence-corrected chi connectivity index (χ3v) is 3.19. The van der Waals surface area contributed by atoms with Crippen LogP contribution in [0.3, 0.4) is 0 Å². The first-order chi connectivity index (χ1) is 12.1. The van der Waals surface area contributed by atoms with Crippen LogP contribution < -0.4 is 10.1 Å². The maximum absolute atomic E-state index is 11.8. The molecule has 0 saturated carbocycles. The first-order valence-corrected chi connectivity index (χ1v) is 8.11. The van der Waals surface area contributed by atoms with Gasteiger partial charge in [-0.1, -0.05) is 12.1 Å². The molecule has 0 heterocycles. The maximum atomic E-state index is 11.8. The number of carboxylic acids is 1. The maximum Gasteiger partial charge on any atom is 0.408 e. The second-order valence-corrected chi connectivity index (χ2v) is 6.58. The molecule has 0 aliphatic carbocycles. The molecule has 1 amide bonds. The van der Waals surface area contributed by atoms with Gasteiger partial charge in [-0.25, -0.2) is 9.59 Å². The number of carboxylic acid groups (broad SMARTS) is 1. The fraction of sp³-hybridized carbons (Fsp3) is 0.500. The average Bonchev–Trinajstić information content (AvgIpc) is 2.55. The van der Waals surface area contributed by atoms with Crippen LogP contribution in [0.2, 0.25) is 0 Å². The number of ether oxygens (including phenoxy) is 3. The van der Waals surface area contributed by atoms with Crippen molar-refractivity contribution >= 4 is 18.0 Å². The number of hydrogen-bond acceptors (Lipinski definition) is 6. The van der Waals surface area contributed by atoms with Crippen molar-refractivity contribution in [1.29, 1.82) is 0 Å². The Bertz CT molecular complexity index is 619. The highest BCUT2D eigenvalue weighted by Gasteiger charge is 2.24. The summed E-state index contributed by atoms with van der Waals surface area (Å²) in [5, 5.41) is 11.4. The summed E-state index contributed by atoms with van der Waals surface area (Å²) in [4.78, 5) is 34.7. The van der Waals surface area contributed by atoms with Crippen molar-refractivity contribution in [3.8, 4) is 5.75 Å². The third kappa shape index (κ3) is 8.36. The number of methoxy groups -OCH3 is 1. The zero-order valence-electron chi connectivity index (χ0n) is 15.4. The van der Waals surface area contributed by atoms with Crippen LogP contribution in [0.1, 0.15) is 39.2 Å². The molecule has 0 radical (unpaired) electrons. The molecule has 8 heteroatoms. The highest BCUT2D eigenvalue weighted by Crippen LogP contribution is 2.13. The lowest BCUT2D eigenvalue weighted by Crippen LogP contribution is -2.43. The van der Waals surface area contributed by atoms with Crippen LogP contribution in [-0.4, -0.2) is 41.9 Å². The molecule has 26 heavy (non-hydrogen) atoms. The average molecular weight is 367 g/mol. The lowest BCUT2D eigenvalue weighted by molar-refractivity contribution is -0.145. The topological polar surface area (TPSA) is 111 Å². The van der Waals surface area contributed by atoms with E-state index in [-0.39, 0.29) is 19.4 Å². The van der Waals surface area contributed by atoms with E-state index in [0.717, 1.165) is 5.56 Å². The molecule has 1 aromatic rings. The van der Waals surface area contributed by atoms with Gasteiger partial charge >= 0.3 is 18.0 Å². The van der Waals surface area contributed by atoms with Crippen LogP contribution in [0.25, 0.3) is 0 Å². The number of carbonyl (C=O) groups excluding carboxylic acids is 2. The van der Waals surface area contributed by atoms with Gasteiger partial charge in [0.1, 0.15) is 24.0 Å². The van der Waals surface area contributed by atoms with Crippen molar-refractivity contribution in [3.63, 3.8) is 0 Å². The Morgan fingerprint density at radius 2 is 1.77 bits per heavy atom. The van der Waals surface area contributed by atoms with E-state index in [1.165, 1.54) is 0 Å². The molecule has 144 valence electrons. The summed E-state index contributed by atoms with van der Waals surface area (Å²) in [6.07, 6.45) is -1.10. The number of benzene rings is 1. The Morgan fingerprint density at radius 3 is 2.27 bits per heavy atom. The lowest BCUT2D eigenvalue weighted by Gasteiger charge is -2.21. The van der Waals surface area contributed by atoms with Gasteiger partial charge in [-0.05, 0) is 44.9 Å². The van der Waals surface area contributed by atoms with Crippen LogP contribution >= 0.6 is 0 Å². The van der Waals surface area contributed by atoms with Gasteiger partial charge in [0, 0.05) is 6.42 Å². The van der Waals surface area contributed by atoms with Crippen LogP contribution in [0.4, 0.5) is 4.79 Å². The van der Waals surface area contributed by atoms with Crippen molar-refractivity contribution in [1.82, 2.24) is 5.32 Å². The van der Waals surface area contributed by atoms with E-state index in [2.05, 4.69) is 5.32 Å². The Balaban J connectivity index is 2.43. The molecule has 1 rings (SSSR count). The van der Waals surface area contributed by atoms with Crippen molar-refractivity contribution in [2.45, 2.75) is 51.9 Å². The fourth-order valence-corrected chi connectivity index (χ4v) is 1.93. The van der Waals surface area contributed by atoms with Crippen molar-refractivity contribution in [2.75, 3.05) is 7.11 Å². The van der Waals surface area contributed by atoms with Gasteiger partial charge in [-0.2, -0.15) is 0 Å². The predicted octanol–water partition coefficient (Wildman–Crippen LogP) is 2.50.